The molecule has 1 aromatic heterocycles. The van der Waals surface area contributed by atoms with Crippen molar-refractivity contribution in [2.75, 3.05) is 0 Å². The Morgan fingerprint density at radius 2 is 1.73 bits per heavy atom. The molecule has 1 heterocycles. The van der Waals surface area contributed by atoms with Crippen molar-refractivity contribution in [1.82, 2.24) is 9.97 Å². The SMILES string of the molecule is CC(O)[C@@H](O)C(O)[C@@H](O)c1nc2cc(C(F)(F)F)ccc2[nH]1. The number of hydrogen-bond acceptors (Lipinski definition) is 5. The molecule has 0 spiro atoms. The summed E-state index contributed by atoms with van der Waals surface area (Å²) in [5.41, 5.74) is -0.694. The van der Waals surface area contributed by atoms with E-state index >= 15 is 0 Å². The van der Waals surface area contributed by atoms with Gasteiger partial charge in [-0.15, -0.1) is 0 Å². The summed E-state index contributed by atoms with van der Waals surface area (Å²) >= 11 is 0. The summed E-state index contributed by atoms with van der Waals surface area (Å²) in [5.74, 6) is -0.207. The number of nitrogens with zero attached hydrogens (tertiary/aromatic N) is 1. The molecule has 9 heteroatoms. The lowest BCUT2D eigenvalue weighted by molar-refractivity contribution is -0.137. The number of hydrogen-bond donors (Lipinski definition) is 5. The highest BCUT2D eigenvalue weighted by molar-refractivity contribution is 5.76. The maximum absolute atomic E-state index is 12.6. The molecule has 5 N–H and O–H groups in total. The lowest BCUT2D eigenvalue weighted by Gasteiger charge is -2.23. The highest BCUT2D eigenvalue weighted by Gasteiger charge is 2.33. The van der Waals surface area contributed by atoms with Gasteiger partial charge in [0.25, 0.3) is 0 Å². The topological polar surface area (TPSA) is 110 Å². The molecule has 0 aliphatic rings. The van der Waals surface area contributed by atoms with Crippen LogP contribution in [-0.2, 0) is 6.18 Å². The van der Waals surface area contributed by atoms with Gasteiger partial charge in [0.1, 0.15) is 24.1 Å². The quantitative estimate of drug-likeness (QED) is 0.570. The predicted octanol–water partition coefficient (Wildman–Crippen LogP) is 0.718. The van der Waals surface area contributed by atoms with E-state index in [4.69, 9.17) is 0 Å². The summed E-state index contributed by atoms with van der Waals surface area (Å²) in [6.45, 7) is 1.22. The van der Waals surface area contributed by atoms with E-state index in [0.717, 1.165) is 18.2 Å². The first-order valence-electron chi connectivity index (χ1n) is 6.40. The van der Waals surface area contributed by atoms with Crippen LogP contribution in [0.1, 0.15) is 24.4 Å². The van der Waals surface area contributed by atoms with Gasteiger partial charge in [0, 0.05) is 0 Å². The summed E-state index contributed by atoms with van der Waals surface area (Å²) in [6, 6.07) is 2.82. The van der Waals surface area contributed by atoms with Crippen LogP contribution in [-0.4, -0.2) is 48.7 Å². The molecule has 0 amide bonds. The zero-order valence-corrected chi connectivity index (χ0v) is 11.4. The highest BCUT2D eigenvalue weighted by Crippen LogP contribution is 2.31. The predicted molar refractivity (Wildman–Crippen MR) is 69.7 cm³/mol. The van der Waals surface area contributed by atoms with Crippen LogP contribution in [0.3, 0.4) is 0 Å². The van der Waals surface area contributed by atoms with Crippen molar-refractivity contribution in [3.63, 3.8) is 0 Å². The van der Waals surface area contributed by atoms with E-state index in [0.29, 0.717) is 0 Å². The third-order valence-electron chi connectivity index (χ3n) is 3.28. The largest absolute Gasteiger partial charge is 0.416 e. The zero-order chi connectivity index (χ0) is 16.7. The lowest BCUT2D eigenvalue weighted by atomic mass is 10.0. The van der Waals surface area contributed by atoms with Crippen LogP contribution in [0.4, 0.5) is 13.2 Å². The van der Waals surface area contributed by atoms with Gasteiger partial charge in [-0.05, 0) is 25.1 Å². The molecule has 4 atom stereocenters. The van der Waals surface area contributed by atoms with E-state index in [-0.39, 0.29) is 16.9 Å². The van der Waals surface area contributed by atoms with Crippen molar-refractivity contribution in [2.45, 2.75) is 37.5 Å². The van der Waals surface area contributed by atoms with Crippen molar-refractivity contribution >= 4 is 11.0 Å². The number of fused-ring (bicyclic) bond motifs is 1. The van der Waals surface area contributed by atoms with Gasteiger partial charge in [0.05, 0.1) is 22.7 Å². The fourth-order valence-corrected chi connectivity index (χ4v) is 1.98. The molecule has 122 valence electrons. The molecule has 22 heavy (non-hydrogen) atoms. The number of benzene rings is 1. The second kappa shape index (κ2) is 5.84. The normalized spacial score (nSPS) is 18.2. The summed E-state index contributed by atoms with van der Waals surface area (Å²) in [4.78, 5) is 6.36. The van der Waals surface area contributed by atoms with E-state index in [1.165, 1.54) is 6.92 Å². The van der Waals surface area contributed by atoms with E-state index in [1.54, 1.807) is 0 Å². The Morgan fingerprint density at radius 3 is 2.27 bits per heavy atom. The Kier molecular flexibility index (Phi) is 4.43. The molecule has 0 bridgehead atoms. The summed E-state index contributed by atoms with van der Waals surface area (Å²) in [5, 5.41) is 38.3. The fourth-order valence-electron chi connectivity index (χ4n) is 1.98. The second-order valence-electron chi connectivity index (χ2n) is 5.02. The third-order valence-corrected chi connectivity index (χ3v) is 3.28. The van der Waals surface area contributed by atoms with Gasteiger partial charge >= 0.3 is 6.18 Å². The molecule has 0 saturated carbocycles. The number of aromatic amines is 1. The highest BCUT2D eigenvalue weighted by atomic mass is 19.4. The van der Waals surface area contributed by atoms with Crippen LogP contribution < -0.4 is 0 Å². The van der Waals surface area contributed by atoms with E-state index < -0.39 is 36.2 Å². The Labute approximate surface area is 122 Å². The number of aromatic nitrogens is 2. The number of imidazole rings is 1. The van der Waals surface area contributed by atoms with E-state index in [2.05, 4.69) is 9.97 Å². The number of aliphatic hydroxyl groups excluding tert-OH is 4. The zero-order valence-electron chi connectivity index (χ0n) is 11.4. The first-order valence-corrected chi connectivity index (χ1v) is 6.40. The molecule has 2 rings (SSSR count). The molecule has 0 fully saturated rings. The maximum Gasteiger partial charge on any atom is 0.416 e. The minimum Gasteiger partial charge on any atom is -0.391 e. The van der Waals surface area contributed by atoms with Crippen molar-refractivity contribution < 1.29 is 33.6 Å². The Hall–Kier alpha value is -1.68. The number of halogens is 3. The Bertz CT molecular complexity index is 656. The van der Waals surface area contributed by atoms with Gasteiger partial charge < -0.3 is 25.4 Å². The second-order valence-corrected chi connectivity index (χ2v) is 5.02. The number of H-pyrrole nitrogens is 1. The van der Waals surface area contributed by atoms with Crippen LogP contribution in [0.25, 0.3) is 11.0 Å². The summed E-state index contributed by atoms with van der Waals surface area (Å²) in [6.07, 6.45) is -10.9. The molecule has 0 radical (unpaired) electrons. The smallest absolute Gasteiger partial charge is 0.391 e. The molecular formula is C13H15F3N2O4. The van der Waals surface area contributed by atoms with Crippen molar-refractivity contribution in [3.05, 3.63) is 29.6 Å². The molecule has 0 saturated heterocycles. The van der Waals surface area contributed by atoms with E-state index in [9.17, 15) is 33.6 Å². The van der Waals surface area contributed by atoms with Crippen molar-refractivity contribution in [1.29, 1.82) is 0 Å². The number of alkyl halides is 3. The minimum absolute atomic E-state index is 0.0392. The molecular weight excluding hydrogens is 305 g/mol. The van der Waals surface area contributed by atoms with Crippen LogP contribution in [0.15, 0.2) is 18.2 Å². The molecule has 2 unspecified atom stereocenters. The molecule has 0 aliphatic heterocycles. The fraction of sp³-hybridized carbons (Fsp3) is 0.462. The summed E-state index contributed by atoms with van der Waals surface area (Å²) < 4.78 is 37.8. The summed E-state index contributed by atoms with van der Waals surface area (Å²) in [7, 11) is 0. The molecule has 0 aliphatic carbocycles. The Balaban J connectivity index is 2.33. The standard InChI is InChI=1S/C13H15F3N2O4/c1-5(19)9(20)10(21)11(22)12-17-7-3-2-6(13(14,15)16)4-8(7)18-12/h2-5,9-11,19-22H,1H3,(H,17,18)/t5?,9-,10?,11-/m1/s1. The maximum atomic E-state index is 12.6. The average Bonchev–Trinajstić information content (AvgIpc) is 2.86. The van der Waals surface area contributed by atoms with Gasteiger partial charge in [0.2, 0.25) is 0 Å². The first kappa shape index (κ1) is 16.7. The number of aliphatic hydroxyl groups is 4. The van der Waals surface area contributed by atoms with Crippen LogP contribution >= 0.6 is 0 Å². The van der Waals surface area contributed by atoms with Gasteiger partial charge in [-0.2, -0.15) is 13.2 Å². The minimum atomic E-state index is -4.52. The third kappa shape index (κ3) is 3.22. The first-order chi connectivity index (χ1) is 10.1. The molecule has 6 nitrogen and oxygen atoms in total. The van der Waals surface area contributed by atoms with Gasteiger partial charge in [-0.1, -0.05) is 0 Å². The number of nitrogens with one attached hydrogen (secondary N) is 1. The monoisotopic (exact) mass is 320 g/mol. The van der Waals surface area contributed by atoms with Crippen LogP contribution in [0.5, 0.6) is 0 Å². The van der Waals surface area contributed by atoms with Gasteiger partial charge in [0.15, 0.2) is 0 Å². The van der Waals surface area contributed by atoms with Crippen molar-refractivity contribution in [2.24, 2.45) is 0 Å². The average molecular weight is 320 g/mol. The molecule has 1 aromatic carbocycles. The van der Waals surface area contributed by atoms with Crippen LogP contribution in [0, 0.1) is 0 Å². The lowest BCUT2D eigenvalue weighted by Crippen LogP contribution is -2.39. The van der Waals surface area contributed by atoms with Crippen molar-refractivity contribution in [3.8, 4) is 0 Å². The van der Waals surface area contributed by atoms with E-state index in [1.807, 2.05) is 0 Å². The van der Waals surface area contributed by atoms with Gasteiger partial charge in [-0.25, -0.2) is 4.98 Å². The Morgan fingerprint density at radius 1 is 1.09 bits per heavy atom. The van der Waals surface area contributed by atoms with Gasteiger partial charge in [-0.3, -0.25) is 0 Å². The molecule has 2 aromatic rings. The number of rotatable bonds is 4. The van der Waals surface area contributed by atoms with Crippen LogP contribution in [0.2, 0.25) is 0 Å².